The Balaban J connectivity index is 1.70. The van der Waals surface area contributed by atoms with Gasteiger partial charge in [-0.25, -0.2) is 9.97 Å². The first-order valence-electron chi connectivity index (χ1n) is 10.5. The van der Waals surface area contributed by atoms with Crippen LogP contribution in [0, 0.1) is 0 Å². The summed E-state index contributed by atoms with van der Waals surface area (Å²) in [6.07, 6.45) is 0.907. The summed E-state index contributed by atoms with van der Waals surface area (Å²) in [7, 11) is 4.05. The van der Waals surface area contributed by atoms with Crippen LogP contribution < -0.4 is 5.32 Å². The van der Waals surface area contributed by atoms with E-state index in [1.165, 1.54) is 0 Å². The minimum Gasteiger partial charge on any atom is -0.352 e. The topological polar surface area (TPSA) is 58.1 Å². The van der Waals surface area contributed by atoms with Crippen LogP contribution in [-0.2, 0) is 0 Å². The number of aromatic nitrogens is 2. The first-order valence-corrected chi connectivity index (χ1v) is 10.5. The van der Waals surface area contributed by atoms with Crippen LogP contribution in [0.15, 0.2) is 78.9 Å². The molecule has 0 saturated heterocycles. The molecule has 0 unspecified atom stereocenters. The SMILES string of the molecule is CN(C)CCCNC(=O)c1ccc2nc(-c3ccccc3)c(-c3ccccc3)nc2c1. The van der Waals surface area contributed by atoms with Crippen molar-refractivity contribution in [2.24, 2.45) is 0 Å². The fourth-order valence-electron chi connectivity index (χ4n) is 3.49. The maximum Gasteiger partial charge on any atom is 0.251 e. The number of carbonyl (C=O) groups is 1. The quantitative estimate of drug-likeness (QED) is 0.451. The normalized spacial score (nSPS) is 11.1. The number of fused-ring (bicyclic) bond motifs is 1. The van der Waals surface area contributed by atoms with E-state index in [9.17, 15) is 4.79 Å². The fourth-order valence-corrected chi connectivity index (χ4v) is 3.49. The molecular weight excluding hydrogens is 384 g/mol. The van der Waals surface area contributed by atoms with Crippen molar-refractivity contribution in [3.63, 3.8) is 0 Å². The van der Waals surface area contributed by atoms with Gasteiger partial charge >= 0.3 is 0 Å². The Kier molecular flexibility index (Phi) is 6.34. The highest BCUT2D eigenvalue weighted by atomic mass is 16.1. The molecule has 1 N–H and O–H groups in total. The van der Waals surface area contributed by atoms with Gasteiger partial charge in [-0.2, -0.15) is 0 Å². The average Bonchev–Trinajstić information content (AvgIpc) is 2.81. The highest BCUT2D eigenvalue weighted by Crippen LogP contribution is 2.31. The predicted molar refractivity (Wildman–Crippen MR) is 126 cm³/mol. The Labute approximate surface area is 182 Å². The van der Waals surface area contributed by atoms with Gasteiger partial charge < -0.3 is 10.2 Å². The van der Waals surface area contributed by atoms with Crippen LogP contribution in [0.3, 0.4) is 0 Å². The van der Waals surface area contributed by atoms with Crippen LogP contribution in [0.1, 0.15) is 16.8 Å². The van der Waals surface area contributed by atoms with Crippen molar-refractivity contribution in [3.8, 4) is 22.5 Å². The molecule has 0 atom stereocenters. The zero-order valence-electron chi connectivity index (χ0n) is 17.9. The van der Waals surface area contributed by atoms with Crippen molar-refractivity contribution < 1.29 is 4.79 Å². The van der Waals surface area contributed by atoms with Crippen molar-refractivity contribution in [1.82, 2.24) is 20.2 Å². The summed E-state index contributed by atoms with van der Waals surface area (Å²) in [5, 5.41) is 2.99. The second-order valence-electron chi connectivity index (χ2n) is 7.77. The van der Waals surface area contributed by atoms with E-state index in [-0.39, 0.29) is 5.91 Å². The molecular formula is C26H26N4O. The van der Waals surface area contributed by atoms with E-state index in [0.717, 1.165) is 41.0 Å². The number of rotatable bonds is 7. The number of benzene rings is 3. The molecule has 4 aromatic rings. The highest BCUT2D eigenvalue weighted by molar-refractivity contribution is 5.98. The zero-order chi connectivity index (χ0) is 21.6. The van der Waals surface area contributed by atoms with E-state index in [1.54, 1.807) is 0 Å². The maximum absolute atomic E-state index is 12.6. The summed E-state index contributed by atoms with van der Waals surface area (Å²) in [4.78, 5) is 24.6. The third kappa shape index (κ3) is 4.95. The summed E-state index contributed by atoms with van der Waals surface area (Å²) in [6, 6.07) is 25.6. The second kappa shape index (κ2) is 9.49. The molecule has 1 amide bonds. The first-order chi connectivity index (χ1) is 15.1. The number of carbonyl (C=O) groups excluding carboxylic acids is 1. The smallest absolute Gasteiger partial charge is 0.251 e. The Hall–Kier alpha value is -3.57. The minimum atomic E-state index is -0.0872. The van der Waals surface area contributed by atoms with Gasteiger partial charge in [0.05, 0.1) is 22.4 Å². The van der Waals surface area contributed by atoms with Gasteiger partial charge in [0.2, 0.25) is 0 Å². The van der Waals surface area contributed by atoms with E-state index in [1.807, 2.05) is 93.0 Å². The molecule has 0 fully saturated rings. The lowest BCUT2D eigenvalue weighted by molar-refractivity contribution is 0.0952. The Morgan fingerprint density at radius 1 is 0.806 bits per heavy atom. The summed E-state index contributed by atoms with van der Waals surface area (Å²) >= 11 is 0. The molecule has 1 heterocycles. The van der Waals surface area contributed by atoms with Crippen molar-refractivity contribution in [3.05, 3.63) is 84.4 Å². The molecule has 0 aliphatic carbocycles. The van der Waals surface area contributed by atoms with Crippen LogP contribution >= 0.6 is 0 Å². The van der Waals surface area contributed by atoms with Crippen molar-refractivity contribution >= 4 is 16.9 Å². The number of hydrogen-bond acceptors (Lipinski definition) is 4. The van der Waals surface area contributed by atoms with Crippen molar-refractivity contribution in [2.45, 2.75) is 6.42 Å². The van der Waals surface area contributed by atoms with Gasteiger partial charge in [0.1, 0.15) is 0 Å². The van der Waals surface area contributed by atoms with Gasteiger partial charge in [-0.15, -0.1) is 0 Å². The third-order valence-corrected chi connectivity index (χ3v) is 5.09. The molecule has 0 saturated carbocycles. The minimum absolute atomic E-state index is 0.0872. The van der Waals surface area contributed by atoms with Gasteiger partial charge in [-0.1, -0.05) is 60.7 Å². The molecule has 0 bridgehead atoms. The van der Waals surface area contributed by atoms with Crippen LogP contribution in [0.25, 0.3) is 33.5 Å². The molecule has 3 aromatic carbocycles. The molecule has 0 spiro atoms. The maximum atomic E-state index is 12.6. The molecule has 0 aliphatic rings. The Morgan fingerprint density at radius 2 is 1.39 bits per heavy atom. The Bertz CT molecular complexity index is 1170. The molecule has 5 heteroatoms. The fraction of sp³-hybridized carbons (Fsp3) is 0.192. The highest BCUT2D eigenvalue weighted by Gasteiger charge is 2.14. The summed E-state index contributed by atoms with van der Waals surface area (Å²) < 4.78 is 0. The first kappa shape index (κ1) is 20.7. The van der Waals surface area contributed by atoms with Crippen molar-refractivity contribution in [1.29, 1.82) is 0 Å². The summed E-state index contributed by atoms with van der Waals surface area (Å²) in [5.41, 5.74) is 5.72. The lowest BCUT2D eigenvalue weighted by Crippen LogP contribution is -2.27. The molecule has 1 aromatic heterocycles. The second-order valence-corrected chi connectivity index (χ2v) is 7.77. The lowest BCUT2D eigenvalue weighted by atomic mass is 10.0. The number of hydrogen-bond donors (Lipinski definition) is 1. The van der Waals surface area contributed by atoms with E-state index in [4.69, 9.17) is 9.97 Å². The monoisotopic (exact) mass is 410 g/mol. The van der Waals surface area contributed by atoms with E-state index in [2.05, 4.69) is 10.2 Å². The van der Waals surface area contributed by atoms with Crippen molar-refractivity contribution in [2.75, 3.05) is 27.2 Å². The largest absolute Gasteiger partial charge is 0.352 e. The molecule has 0 aliphatic heterocycles. The van der Waals surface area contributed by atoms with Gasteiger partial charge in [-0.05, 0) is 45.3 Å². The lowest BCUT2D eigenvalue weighted by Gasteiger charge is -2.12. The summed E-state index contributed by atoms with van der Waals surface area (Å²) in [6.45, 7) is 1.58. The molecule has 0 radical (unpaired) electrons. The van der Waals surface area contributed by atoms with Gasteiger partial charge in [-0.3, -0.25) is 4.79 Å². The van der Waals surface area contributed by atoms with Crippen LogP contribution in [0.4, 0.5) is 0 Å². The summed E-state index contributed by atoms with van der Waals surface area (Å²) in [5.74, 6) is -0.0872. The van der Waals surface area contributed by atoms with E-state index < -0.39 is 0 Å². The third-order valence-electron chi connectivity index (χ3n) is 5.09. The van der Waals surface area contributed by atoms with E-state index in [0.29, 0.717) is 17.6 Å². The van der Waals surface area contributed by atoms with Crippen LogP contribution in [0.2, 0.25) is 0 Å². The van der Waals surface area contributed by atoms with Gasteiger partial charge in [0, 0.05) is 23.2 Å². The van der Waals surface area contributed by atoms with Crippen LogP contribution in [-0.4, -0.2) is 48.0 Å². The number of amides is 1. The Morgan fingerprint density at radius 3 is 1.97 bits per heavy atom. The predicted octanol–water partition coefficient (Wildman–Crippen LogP) is 4.65. The number of nitrogens with zero attached hydrogens (tertiary/aromatic N) is 3. The number of nitrogens with one attached hydrogen (secondary N) is 1. The van der Waals surface area contributed by atoms with Gasteiger partial charge in [0.25, 0.3) is 5.91 Å². The standard InChI is InChI=1S/C26H26N4O/c1-30(2)17-9-16-27-26(31)21-14-15-22-23(18-21)29-25(20-12-7-4-8-13-20)24(28-22)19-10-5-3-6-11-19/h3-8,10-15,18H,9,16-17H2,1-2H3,(H,27,31). The van der Waals surface area contributed by atoms with E-state index >= 15 is 0 Å². The van der Waals surface area contributed by atoms with Gasteiger partial charge in [0.15, 0.2) is 0 Å². The van der Waals surface area contributed by atoms with Crippen LogP contribution in [0.5, 0.6) is 0 Å². The molecule has 156 valence electrons. The molecule has 4 rings (SSSR count). The molecule has 5 nitrogen and oxygen atoms in total. The molecule has 31 heavy (non-hydrogen) atoms. The zero-order valence-corrected chi connectivity index (χ0v) is 17.9. The average molecular weight is 411 g/mol.